The maximum absolute atomic E-state index is 3.65. The Kier molecular flexibility index (Phi) is 4.46. The van der Waals surface area contributed by atoms with E-state index in [4.69, 9.17) is 0 Å². The standard InChI is InChI=1S/C19H25NS/c1-15-11-12-17(21-15)18(20-2)19(13-7-4-8-14-19)16-9-5-3-6-10-16/h3,5-6,9-12,18,20H,4,7-8,13-14H2,1-2H3. The molecule has 1 saturated carbocycles. The van der Waals surface area contributed by atoms with Crippen molar-refractivity contribution in [1.82, 2.24) is 5.32 Å². The van der Waals surface area contributed by atoms with Crippen LogP contribution in [0.2, 0.25) is 0 Å². The molecule has 0 radical (unpaired) electrons. The van der Waals surface area contributed by atoms with Crippen molar-refractivity contribution in [2.45, 2.75) is 50.5 Å². The Labute approximate surface area is 132 Å². The molecule has 1 nitrogen and oxygen atoms in total. The van der Waals surface area contributed by atoms with Crippen molar-refractivity contribution in [3.05, 3.63) is 57.8 Å². The predicted molar refractivity (Wildman–Crippen MR) is 92.1 cm³/mol. The maximum atomic E-state index is 3.65. The van der Waals surface area contributed by atoms with Crippen LogP contribution in [0.5, 0.6) is 0 Å². The first-order chi connectivity index (χ1) is 10.3. The van der Waals surface area contributed by atoms with E-state index in [2.05, 4.69) is 61.8 Å². The zero-order valence-electron chi connectivity index (χ0n) is 13.1. The van der Waals surface area contributed by atoms with Gasteiger partial charge < -0.3 is 5.32 Å². The van der Waals surface area contributed by atoms with Crippen molar-refractivity contribution < 1.29 is 0 Å². The van der Waals surface area contributed by atoms with E-state index in [1.165, 1.54) is 47.4 Å². The molecular formula is C19H25NS. The van der Waals surface area contributed by atoms with Crippen LogP contribution in [0.25, 0.3) is 0 Å². The smallest absolute Gasteiger partial charge is 0.0510 e. The molecule has 1 unspecified atom stereocenters. The van der Waals surface area contributed by atoms with Gasteiger partial charge in [0.15, 0.2) is 0 Å². The van der Waals surface area contributed by atoms with Crippen LogP contribution in [0, 0.1) is 6.92 Å². The van der Waals surface area contributed by atoms with Crippen LogP contribution >= 0.6 is 11.3 Å². The number of nitrogens with one attached hydrogen (secondary N) is 1. The lowest BCUT2D eigenvalue weighted by atomic mass is 9.64. The molecule has 2 heteroatoms. The molecule has 112 valence electrons. The van der Waals surface area contributed by atoms with Gasteiger partial charge in [-0.05, 0) is 44.5 Å². The Hall–Kier alpha value is -1.12. The van der Waals surface area contributed by atoms with Crippen LogP contribution < -0.4 is 5.32 Å². The van der Waals surface area contributed by atoms with Gasteiger partial charge in [-0.1, -0.05) is 49.6 Å². The fourth-order valence-electron chi connectivity index (χ4n) is 4.00. The van der Waals surface area contributed by atoms with Gasteiger partial charge in [-0.15, -0.1) is 11.3 Å². The van der Waals surface area contributed by atoms with E-state index in [0.29, 0.717) is 6.04 Å². The topological polar surface area (TPSA) is 12.0 Å². The third kappa shape index (κ3) is 2.79. The fourth-order valence-corrected chi connectivity index (χ4v) is 5.10. The van der Waals surface area contributed by atoms with Crippen molar-refractivity contribution in [1.29, 1.82) is 0 Å². The summed E-state index contributed by atoms with van der Waals surface area (Å²) in [6.45, 7) is 2.21. The molecule has 3 rings (SSSR count). The number of benzene rings is 1. The Balaban J connectivity index is 2.05. The first kappa shape index (κ1) is 14.8. The van der Waals surface area contributed by atoms with E-state index in [1.54, 1.807) is 0 Å². The van der Waals surface area contributed by atoms with Crippen LogP contribution in [0.15, 0.2) is 42.5 Å². The second-order valence-corrected chi connectivity index (χ2v) is 7.57. The fraction of sp³-hybridized carbons (Fsp3) is 0.474. The van der Waals surface area contributed by atoms with Crippen molar-refractivity contribution in [3.63, 3.8) is 0 Å². The molecule has 1 aromatic carbocycles. The molecule has 2 aromatic rings. The summed E-state index contributed by atoms with van der Waals surface area (Å²) in [4.78, 5) is 2.89. The highest BCUT2D eigenvalue weighted by Gasteiger charge is 2.41. The SMILES string of the molecule is CNC(c1ccc(C)s1)C1(c2ccccc2)CCCCC1. The van der Waals surface area contributed by atoms with Gasteiger partial charge >= 0.3 is 0 Å². The third-order valence-electron chi connectivity index (χ3n) is 4.98. The molecule has 0 bridgehead atoms. The molecule has 1 N–H and O–H groups in total. The van der Waals surface area contributed by atoms with Gasteiger partial charge in [0.1, 0.15) is 0 Å². The minimum absolute atomic E-state index is 0.256. The molecular weight excluding hydrogens is 274 g/mol. The van der Waals surface area contributed by atoms with Gasteiger partial charge in [-0.25, -0.2) is 0 Å². The lowest BCUT2D eigenvalue weighted by Gasteiger charge is -2.44. The predicted octanol–water partition coefficient (Wildman–Crippen LogP) is 5.22. The van der Waals surface area contributed by atoms with E-state index < -0.39 is 0 Å². The van der Waals surface area contributed by atoms with E-state index in [9.17, 15) is 0 Å². The molecule has 1 aliphatic carbocycles. The van der Waals surface area contributed by atoms with Gasteiger partial charge in [0.05, 0.1) is 6.04 Å². The largest absolute Gasteiger partial charge is 0.312 e. The summed E-state index contributed by atoms with van der Waals surface area (Å²) >= 11 is 1.94. The minimum Gasteiger partial charge on any atom is -0.312 e. The molecule has 1 atom stereocenters. The average Bonchev–Trinajstić information content (AvgIpc) is 2.96. The summed E-state index contributed by atoms with van der Waals surface area (Å²) < 4.78 is 0. The molecule has 1 heterocycles. The van der Waals surface area contributed by atoms with Crippen molar-refractivity contribution in [3.8, 4) is 0 Å². The highest BCUT2D eigenvalue weighted by Crippen LogP contribution is 2.49. The number of likely N-dealkylation sites (N-methyl/N-ethyl adjacent to an activating group) is 1. The molecule has 0 amide bonds. The highest BCUT2D eigenvalue weighted by molar-refractivity contribution is 7.12. The summed E-state index contributed by atoms with van der Waals surface area (Å²) in [7, 11) is 2.12. The Bertz CT molecular complexity index is 566. The Morgan fingerprint density at radius 3 is 2.29 bits per heavy atom. The normalized spacial score (nSPS) is 19.3. The first-order valence-electron chi connectivity index (χ1n) is 8.05. The van der Waals surface area contributed by atoms with E-state index >= 15 is 0 Å². The van der Waals surface area contributed by atoms with E-state index in [0.717, 1.165) is 0 Å². The zero-order valence-corrected chi connectivity index (χ0v) is 13.9. The van der Waals surface area contributed by atoms with Gasteiger partial charge in [-0.2, -0.15) is 0 Å². The van der Waals surface area contributed by atoms with E-state index in [1.807, 2.05) is 11.3 Å². The second-order valence-electron chi connectivity index (χ2n) is 6.25. The molecule has 0 spiro atoms. The molecule has 0 saturated heterocycles. The highest BCUT2D eigenvalue weighted by atomic mass is 32.1. The molecule has 1 aliphatic rings. The Morgan fingerprint density at radius 1 is 1.00 bits per heavy atom. The maximum Gasteiger partial charge on any atom is 0.0510 e. The zero-order chi connectivity index (χ0) is 14.7. The van der Waals surface area contributed by atoms with Crippen LogP contribution in [0.3, 0.4) is 0 Å². The third-order valence-corrected chi connectivity index (χ3v) is 6.05. The number of hydrogen-bond donors (Lipinski definition) is 1. The quantitative estimate of drug-likeness (QED) is 0.816. The molecule has 21 heavy (non-hydrogen) atoms. The van der Waals surface area contributed by atoms with Crippen LogP contribution in [0.4, 0.5) is 0 Å². The molecule has 1 fully saturated rings. The number of rotatable bonds is 4. The van der Waals surface area contributed by atoms with Crippen molar-refractivity contribution >= 4 is 11.3 Å². The van der Waals surface area contributed by atoms with Crippen LogP contribution in [0.1, 0.15) is 53.5 Å². The lowest BCUT2D eigenvalue weighted by Crippen LogP contribution is -2.41. The number of thiophene rings is 1. The average molecular weight is 299 g/mol. The summed E-state index contributed by atoms with van der Waals surface area (Å²) in [5, 5.41) is 3.65. The summed E-state index contributed by atoms with van der Waals surface area (Å²) in [5.74, 6) is 0. The Morgan fingerprint density at radius 2 is 1.71 bits per heavy atom. The van der Waals surface area contributed by atoms with Crippen molar-refractivity contribution in [2.24, 2.45) is 0 Å². The van der Waals surface area contributed by atoms with Gasteiger partial charge in [-0.3, -0.25) is 0 Å². The van der Waals surface area contributed by atoms with Gasteiger partial charge in [0, 0.05) is 15.2 Å². The number of aryl methyl sites for hydroxylation is 1. The monoisotopic (exact) mass is 299 g/mol. The second kappa shape index (κ2) is 6.33. The first-order valence-corrected chi connectivity index (χ1v) is 8.87. The summed E-state index contributed by atoms with van der Waals surface area (Å²) in [6, 6.07) is 16.2. The van der Waals surface area contributed by atoms with Crippen molar-refractivity contribution in [2.75, 3.05) is 7.05 Å². The number of hydrogen-bond acceptors (Lipinski definition) is 2. The summed E-state index contributed by atoms with van der Waals surface area (Å²) in [5.41, 5.74) is 1.76. The summed E-state index contributed by atoms with van der Waals surface area (Å²) in [6.07, 6.45) is 6.66. The van der Waals surface area contributed by atoms with E-state index in [-0.39, 0.29) is 5.41 Å². The van der Waals surface area contributed by atoms with Gasteiger partial charge in [0.25, 0.3) is 0 Å². The molecule has 1 aromatic heterocycles. The van der Waals surface area contributed by atoms with Crippen LogP contribution in [-0.2, 0) is 5.41 Å². The minimum atomic E-state index is 0.256. The molecule has 0 aliphatic heterocycles. The van der Waals surface area contributed by atoms with Gasteiger partial charge in [0.2, 0.25) is 0 Å². The van der Waals surface area contributed by atoms with Crippen LogP contribution in [-0.4, -0.2) is 7.05 Å². The lowest BCUT2D eigenvalue weighted by molar-refractivity contribution is 0.223.